The third-order valence-corrected chi connectivity index (χ3v) is 3.73. The van der Waals surface area contributed by atoms with E-state index in [1.807, 2.05) is 12.1 Å². The first kappa shape index (κ1) is 14.4. The molecule has 7 nitrogen and oxygen atoms in total. The molecule has 1 aliphatic heterocycles. The van der Waals surface area contributed by atoms with Gasteiger partial charge in [-0.3, -0.25) is 4.68 Å². The van der Waals surface area contributed by atoms with Crippen LogP contribution >= 0.6 is 0 Å². The van der Waals surface area contributed by atoms with Crippen LogP contribution in [0.3, 0.4) is 0 Å². The molecule has 2 aromatic rings. The number of morpholine rings is 1. The van der Waals surface area contributed by atoms with Crippen LogP contribution in [0.25, 0.3) is 11.3 Å². The maximum absolute atomic E-state index is 11.0. The molecule has 22 heavy (non-hydrogen) atoms. The quantitative estimate of drug-likeness (QED) is 0.889. The van der Waals surface area contributed by atoms with Gasteiger partial charge in [-0.15, -0.1) is 0 Å². The first-order chi connectivity index (χ1) is 10.6. The lowest BCUT2D eigenvalue weighted by atomic mass is 10.1. The van der Waals surface area contributed by atoms with Crippen molar-refractivity contribution in [2.75, 3.05) is 31.2 Å². The van der Waals surface area contributed by atoms with Crippen LogP contribution in [0, 0.1) is 0 Å². The molecule has 0 radical (unpaired) electrons. The molecule has 1 aromatic carbocycles. The number of nitrogens with zero attached hydrogens (tertiary/aromatic N) is 3. The number of phenols is 1. The van der Waals surface area contributed by atoms with E-state index in [0.717, 1.165) is 18.8 Å². The van der Waals surface area contributed by atoms with Gasteiger partial charge in [0.25, 0.3) is 0 Å². The lowest BCUT2D eigenvalue weighted by Crippen LogP contribution is -2.36. The maximum Gasteiger partial charge on any atom is 0.356 e. The molecule has 1 aliphatic rings. The van der Waals surface area contributed by atoms with Gasteiger partial charge in [-0.2, -0.15) is 5.10 Å². The Labute approximate surface area is 127 Å². The SMILES string of the molecule is Cn1nc(C(=O)O)cc1-c1cc(N2CCOCC2)ccc1O. The van der Waals surface area contributed by atoms with Crippen molar-refractivity contribution >= 4 is 11.7 Å². The highest BCUT2D eigenvalue weighted by atomic mass is 16.5. The molecule has 1 saturated heterocycles. The highest BCUT2D eigenvalue weighted by Crippen LogP contribution is 2.33. The number of anilines is 1. The summed E-state index contributed by atoms with van der Waals surface area (Å²) in [6.45, 7) is 2.92. The van der Waals surface area contributed by atoms with Gasteiger partial charge in [0.05, 0.1) is 18.9 Å². The highest BCUT2D eigenvalue weighted by molar-refractivity contribution is 5.87. The number of carboxylic acids is 1. The minimum absolute atomic E-state index is 0.0475. The molecule has 116 valence electrons. The average molecular weight is 303 g/mol. The number of aryl methyl sites for hydroxylation is 1. The molecule has 0 amide bonds. The smallest absolute Gasteiger partial charge is 0.356 e. The van der Waals surface area contributed by atoms with Gasteiger partial charge in [-0.05, 0) is 24.3 Å². The van der Waals surface area contributed by atoms with E-state index in [4.69, 9.17) is 9.84 Å². The Bertz CT molecular complexity index is 705. The largest absolute Gasteiger partial charge is 0.507 e. The van der Waals surface area contributed by atoms with Gasteiger partial charge in [0.15, 0.2) is 5.69 Å². The Balaban J connectivity index is 2.01. The Morgan fingerprint density at radius 1 is 1.27 bits per heavy atom. The van der Waals surface area contributed by atoms with Gasteiger partial charge in [0.2, 0.25) is 0 Å². The minimum atomic E-state index is -1.09. The number of carboxylic acid groups (broad SMARTS) is 1. The van der Waals surface area contributed by atoms with Crippen molar-refractivity contribution in [3.05, 3.63) is 30.0 Å². The summed E-state index contributed by atoms with van der Waals surface area (Å²) in [5, 5.41) is 23.1. The van der Waals surface area contributed by atoms with Crippen molar-refractivity contribution in [1.29, 1.82) is 0 Å². The van der Waals surface area contributed by atoms with Gasteiger partial charge < -0.3 is 19.8 Å². The fraction of sp³-hybridized carbons (Fsp3) is 0.333. The number of rotatable bonds is 3. The first-order valence-corrected chi connectivity index (χ1v) is 6.99. The molecule has 2 N–H and O–H groups in total. The summed E-state index contributed by atoms with van der Waals surface area (Å²) in [7, 11) is 1.66. The zero-order valence-corrected chi connectivity index (χ0v) is 12.2. The lowest BCUT2D eigenvalue weighted by Gasteiger charge is -2.29. The molecule has 7 heteroatoms. The maximum atomic E-state index is 11.0. The van der Waals surface area contributed by atoms with E-state index >= 15 is 0 Å². The monoisotopic (exact) mass is 303 g/mol. The van der Waals surface area contributed by atoms with Crippen LogP contribution in [0.1, 0.15) is 10.5 Å². The summed E-state index contributed by atoms with van der Waals surface area (Å²) in [4.78, 5) is 13.2. The van der Waals surface area contributed by atoms with Crippen molar-refractivity contribution in [2.45, 2.75) is 0 Å². The molecular weight excluding hydrogens is 286 g/mol. The number of carbonyl (C=O) groups is 1. The first-order valence-electron chi connectivity index (χ1n) is 6.99. The average Bonchev–Trinajstić information content (AvgIpc) is 2.91. The third kappa shape index (κ3) is 2.62. The van der Waals surface area contributed by atoms with E-state index in [9.17, 15) is 9.90 Å². The number of phenolic OH excluding ortho intramolecular Hbond substituents is 1. The minimum Gasteiger partial charge on any atom is -0.507 e. The van der Waals surface area contributed by atoms with Crippen LogP contribution in [0.15, 0.2) is 24.3 Å². The zero-order chi connectivity index (χ0) is 15.7. The summed E-state index contributed by atoms with van der Waals surface area (Å²) in [6.07, 6.45) is 0. The fourth-order valence-electron chi connectivity index (χ4n) is 2.57. The predicted octanol–water partition coefficient (Wildman–Crippen LogP) is 1.33. The number of aromatic hydroxyl groups is 1. The number of benzene rings is 1. The molecule has 3 rings (SSSR count). The van der Waals surface area contributed by atoms with Crippen molar-refractivity contribution in [3.63, 3.8) is 0 Å². The van der Waals surface area contributed by atoms with Crippen LogP contribution in [0.2, 0.25) is 0 Å². The second-order valence-corrected chi connectivity index (χ2v) is 5.14. The van der Waals surface area contributed by atoms with Crippen LogP contribution in [-0.2, 0) is 11.8 Å². The summed E-state index contributed by atoms with van der Waals surface area (Å²) in [5.74, 6) is -0.998. The fourth-order valence-corrected chi connectivity index (χ4v) is 2.57. The van der Waals surface area contributed by atoms with Crippen molar-refractivity contribution < 1.29 is 19.7 Å². The second-order valence-electron chi connectivity index (χ2n) is 5.14. The summed E-state index contributed by atoms with van der Waals surface area (Å²) >= 11 is 0. The number of aromatic carboxylic acids is 1. The Morgan fingerprint density at radius 3 is 2.64 bits per heavy atom. The molecule has 2 heterocycles. The molecule has 0 bridgehead atoms. The van der Waals surface area contributed by atoms with E-state index in [2.05, 4.69) is 10.00 Å². The molecule has 0 spiro atoms. The van der Waals surface area contributed by atoms with Crippen molar-refractivity contribution in [2.24, 2.45) is 7.05 Å². The zero-order valence-electron chi connectivity index (χ0n) is 12.2. The predicted molar refractivity (Wildman–Crippen MR) is 80.3 cm³/mol. The summed E-state index contributed by atoms with van der Waals surface area (Å²) < 4.78 is 6.80. The van der Waals surface area contributed by atoms with Crippen LogP contribution < -0.4 is 4.90 Å². The van der Waals surface area contributed by atoms with Gasteiger partial charge in [-0.25, -0.2) is 4.79 Å². The van der Waals surface area contributed by atoms with E-state index in [1.165, 1.54) is 10.7 Å². The van der Waals surface area contributed by atoms with Crippen LogP contribution in [0.4, 0.5) is 5.69 Å². The van der Waals surface area contributed by atoms with Crippen LogP contribution in [0.5, 0.6) is 5.75 Å². The van der Waals surface area contributed by atoms with E-state index in [1.54, 1.807) is 13.1 Å². The Hall–Kier alpha value is -2.54. The van der Waals surface area contributed by atoms with E-state index in [0.29, 0.717) is 24.5 Å². The number of ether oxygens (including phenoxy) is 1. The van der Waals surface area contributed by atoms with Crippen molar-refractivity contribution in [1.82, 2.24) is 9.78 Å². The van der Waals surface area contributed by atoms with Crippen molar-refractivity contribution in [3.8, 4) is 17.0 Å². The Morgan fingerprint density at radius 2 is 2.00 bits per heavy atom. The van der Waals surface area contributed by atoms with Gasteiger partial charge in [-0.1, -0.05) is 0 Å². The normalized spacial score (nSPS) is 15.0. The molecular formula is C15H17N3O4. The third-order valence-electron chi connectivity index (χ3n) is 3.73. The van der Waals surface area contributed by atoms with E-state index < -0.39 is 5.97 Å². The molecule has 1 aromatic heterocycles. The van der Waals surface area contributed by atoms with Gasteiger partial charge in [0.1, 0.15) is 5.75 Å². The number of hydrogen-bond acceptors (Lipinski definition) is 5. The highest BCUT2D eigenvalue weighted by Gasteiger charge is 2.18. The number of aromatic nitrogens is 2. The Kier molecular flexibility index (Phi) is 3.72. The van der Waals surface area contributed by atoms with E-state index in [-0.39, 0.29) is 11.4 Å². The summed E-state index contributed by atoms with van der Waals surface area (Å²) in [5.41, 5.74) is 2.04. The second kappa shape index (κ2) is 5.69. The van der Waals surface area contributed by atoms with Gasteiger partial charge in [0, 0.05) is 31.4 Å². The van der Waals surface area contributed by atoms with Gasteiger partial charge >= 0.3 is 5.97 Å². The molecule has 0 aliphatic carbocycles. The molecule has 0 saturated carbocycles. The van der Waals surface area contributed by atoms with Crippen LogP contribution in [-0.4, -0.2) is 52.3 Å². The lowest BCUT2D eigenvalue weighted by molar-refractivity contribution is 0.0689. The molecule has 0 atom stereocenters. The standard InChI is InChI=1S/C15H17N3O4/c1-17-13(9-12(16-17)15(20)21)11-8-10(2-3-14(11)19)18-4-6-22-7-5-18/h2-3,8-9,19H,4-7H2,1H3,(H,20,21). The topological polar surface area (TPSA) is 87.8 Å². The molecule has 1 fully saturated rings. The summed E-state index contributed by atoms with van der Waals surface area (Å²) in [6, 6.07) is 6.77. The number of hydrogen-bond donors (Lipinski definition) is 2. The molecule has 0 unspecified atom stereocenters.